The van der Waals surface area contributed by atoms with E-state index in [9.17, 15) is 0 Å². The van der Waals surface area contributed by atoms with Crippen molar-refractivity contribution in [1.82, 2.24) is 5.32 Å². The minimum Gasteiger partial charge on any atom is -0.312 e. The molecule has 0 radical (unpaired) electrons. The van der Waals surface area contributed by atoms with E-state index < -0.39 is 0 Å². The Morgan fingerprint density at radius 3 is 2.83 bits per heavy atom. The molecule has 18 heavy (non-hydrogen) atoms. The molecular formula is C14H16Cl2N2. The van der Waals surface area contributed by atoms with Crippen molar-refractivity contribution >= 4 is 23.2 Å². The monoisotopic (exact) mass is 282 g/mol. The molecule has 0 saturated carbocycles. The molecule has 0 aromatic heterocycles. The third-order valence-electron chi connectivity index (χ3n) is 3.72. The van der Waals surface area contributed by atoms with Crippen molar-refractivity contribution in [3.63, 3.8) is 0 Å². The summed E-state index contributed by atoms with van der Waals surface area (Å²) in [5.74, 6) is 1.07. The maximum atomic E-state index is 8.85. The number of benzene rings is 1. The van der Waals surface area contributed by atoms with Crippen LogP contribution in [0.2, 0.25) is 10.0 Å². The molecule has 1 aromatic rings. The topological polar surface area (TPSA) is 35.8 Å². The Kier molecular flexibility index (Phi) is 4.50. The smallest absolute Gasteiger partial charge is 0.0638 e. The first-order chi connectivity index (χ1) is 8.61. The van der Waals surface area contributed by atoms with E-state index in [2.05, 4.69) is 18.3 Å². The Morgan fingerprint density at radius 2 is 2.17 bits per heavy atom. The van der Waals surface area contributed by atoms with Crippen LogP contribution in [0.4, 0.5) is 0 Å². The van der Waals surface area contributed by atoms with Gasteiger partial charge in [-0.3, -0.25) is 0 Å². The van der Waals surface area contributed by atoms with Crippen LogP contribution in [0.25, 0.3) is 0 Å². The molecule has 0 aliphatic carbocycles. The van der Waals surface area contributed by atoms with E-state index in [1.807, 2.05) is 18.2 Å². The summed E-state index contributed by atoms with van der Waals surface area (Å²) in [5.41, 5.74) is 1.19. The van der Waals surface area contributed by atoms with Gasteiger partial charge in [-0.1, -0.05) is 36.2 Å². The van der Waals surface area contributed by atoms with Gasteiger partial charge in [0.15, 0.2) is 0 Å². The standard InChI is InChI=1S/C14H16Cl2N2/c1-9-8-18-14(4-5-17)11(9)6-10-2-3-12(15)13(16)7-10/h2-3,7,9,11,14,18H,4,6,8H2,1H3/t9-,11?,14-/m0/s1. The fourth-order valence-electron chi connectivity index (χ4n) is 2.64. The highest BCUT2D eigenvalue weighted by Gasteiger charge is 2.32. The van der Waals surface area contributed by atoms with Crippen molar-refractivity contribution in [2.24, 2.45) is 11.8 Å². The fourth-order valence-corrected chi connectivity index (χ4v) is 2.96. The molecule has 1 aliphatic heterocycles. The molecule has 1 unspecified atom stereocenters. The highest BCUT2D eigenvalue weighted by Crippen LogP contribution is 2.30. The normalized spacial score (nSPS) is 27.1. The molecule has 0 bridgehead atoms. The van der Waals surface area contributed by atoms with Crippen molar-refractivity contribution in [2.75, 3.05) is 6.54 Å². The highest BCUT2D eigenvalue weighted by molar-refractivity contribution is 6.42. The summed E-state index contributed by atoms with van der Waals surface area (Å²) in [6.45, 7) is 3.21. The molecule has 1 aromatic carbocycles. The van der Waals surface area contributed by atoms with E-state index >= 15 is 0 Å². The highest BCUT2D eigenvalue weighted by atomic mass is 35.5. The Balaban J connectivity index is 2.11. The van der Waals surface area contributed by atoms with Gasteiger partial charge in [-0.15, -0.1) is 0 Å². The number of rotatable bonds is 3. The van der Waals surface area contributed by atoms with Gasteiger partial charge in [0.2, 0.25) is 0 Å². The van der Waals surface area contributed by atoms with E-state index in [1.54, 1.807) is 0 Å². The molecule has 96 valence electrons. The Labute approximate surface area is 118 Å². The minimum atomic E-state index is 0.291. The minimum absolute atomic E-state index is 0.291. The molecule has 1 N–H and O–H groups in total. The predicted molar refractivity (Wildman–Crippen MR) is 74.8 cm³/mol. The van der Waals surface area contributed by atoms with Gasteiger partial charge in [0, 0.05) is 6.04 Å². The number of hydrogen-bond acceptors (Lipinski definition) is 2. The van der Waals surface area contributed by atoms with Crippen molar-refractivity contribution in [3.8, 4) is 6.07 Å². The van der Waals surface area contributed by atoms with Gasteiger partial charge in [0.25, 0.3) is 0 Å². The third kappa shape index (κ3) is 2.98. The van der Waals surface area contributed by atoms with Crippen LogP contribution in [0.5, 0.6) is 0 Å². The number of nitriles is 1. The molecule has 1 aliphatic rings. The Morgan fingerprint density at radius 1 is 1.39 bits per heavy atom. The quantitative estimate of drug-likeness (QED) is 0.918. The van der Waals surface area contributed by atoms with Crippen molar-refractivity contribution in [2.45, 2.75) is 25.8 Å². The predicted octanol–water partition coefficient (Wildman–Crippen LogP) is 3.67. The molecule has 4 heteroatoms. The number of nitrogens with zero attached hydrogens (tertiary/aromatic N) is 1. The maximum Gasteiger partial charge on any atom is 0.0638 e. The van der Waals surface area contributed by atoms with Gasteiger partial charge in [-0.2, -0.15) is 5.26 Å². The third-order valence-corrected chi connectivity index (χ3v) is 4.46. The van der Waals surface area contributed by atoms with Crippen LogP contribution in [0.1, 0.15) is 18.9 Å². The zero-order valence-electron chi connectivity index (χ0n) is 10.3. The van der Waals surface area contributed by atoms with Crippen LogP contribution in [0.3, 0.4) is 0 Å². The first-order valence-corrected chi connectivity index (χ1v) is 6.91. The van der Waals surface area contributed by atoms with Crippen molar-refractivity contribution in [1.29, 1.82) is 5.26 Å². The van der Waals surface area contributed by atoms with Gasteiger partial charge in [0.05, 0.1) is 22.5 Å². The SMILES string of the molecule is C[C@H]1CN[C@@H](CC#N)C1Cc1ccc(Cl)c(Cl)c1. The average molecular weight is 283 g/mol. The lowest BCUT2D eigenvalue weighted by atomic mass is 9.85. The van der Waals surface area contributed by atoms with Crippen molar-refractivity contribution < 1.29 is 0 Å². The fraction of sp³-hybridized carbons (Fsp3) is 0.500. The van der Waals surface area contributed by atoms with Crippen LogP contribution in [-0.2, 0) is 6.42 Å². The van der Waals surface area contributed by atoms with Gasteiger partial charge in [-0.05, 0) is 42.5 Å². The van der Waals surface area contributed by atoms with Crippen LogP contribution in [-0.4, -0.2) is 12.6 Å². The molecule has 2 nitrogen and oxygen atoms in total. The molecule has 1 fully saturated rings. The molecule has 1 saturated heterocycles. The summed E-state index contributed by atoms with van der Waals surface area (Å²) in [6.07, 6.45) is 1.51. The summed E-state index contributed by atoms with van der Waals surface area (Å²) < 4.78 is 0. The average Bonchev–Trinajstić information content (AvgIpc) is 2.67. The summed E-state index contributed by atoms with van der Waals surface area (Å²) in [5, 5.41) is 13.5. The second-order valence-corrected chi connectivity index (χ2v) is 5.79. The lowest BCUT2D eigenvalue weighted by molar-refractivity contribution is 0.382. The molecule has 3 atom stereocenters. The van der Waals surface area contributed by atoms with E-state index in [1.165, 1.54) is 5.56 Å². The molecule has 0 amide bonds. The second kappa shape index (κ2) is 5.93. The first-order valence-electron chi connectivity index (χ1n) is 6.16. The zero-order chi connectivity index (χ0) is 13.1. The number of hydrogen-bond donors (Lipinski definition) is 1. The largest absolute Gasteiger partial charge is 0.312 e. The van der Waals surface area contributed by atoms with Crippen molar-refractivity contribution in [3.05, 3.63) is 33.8 Å². The van der Waals surface area contributed by atoms with Crippen LogP contribution >= 0.6 is 23.2 Å². The van der Waals surface area contributed by atoms with Crippen LogP contribution in [0, 0.1) is 23.2 Å². The summed E-state index contributed by atoms with van der Waals surface area (Å²) in [7, 11) is 0. The zero-order valence-corrected chi connectivity index (χ0v) is 11.8. The van der Waals surface area contributed by atoms with E-state index in [-0.39, 0.29) is 0 Å². The van der Waals surface area contributed by atoms with Gasteiger partial charge >= 0.3 is 0 Å². The van der Waals surface area contributed by atoms with E-state index in [0.29, 0.717) is 34.3 Å². The number of halogens is 2. The first kappa shape index (κ1) is 13.7. The van der Waals surface area contributed by atoms with E-state index in [0.717, 1.165) is 13.0 Å². The Bertz CT molecular complexity index is 467. The lowest BCUT2D eigenvalue weighted by Gasteiger charge is -2.20. The van der Waals surface area contributed by atoms with Gasteiger partial charge in [0.1, 0.15) is 0 Å². The molecule has 0 spiro atoms. The van der Waals surface area contributed by atoms with E-state index in [4.69, 9.17) is 28.5 Å². The maximum absolute atomic E-state index is 8.85. The summed E-state index contributed by atoms with van der Waals surface area (Å²) in [4.78, 5) is 0. The molecule has 1 heterocycles. The van der Waals surface area contributed by atoms with Crippen LogP contribution in [0.15, 0.2) is 18.2 Å². The summed E-state index contributed by atoms with van der Waals surface area (Å²) in [6, 6.07) is 8.33. The lowest BCUT2D eigenvalue weighted by Crippen LogP contribution is -2.28. The second-order valence-electron chi connectivity index (χ2n) is 4.97. The van der Waals surface area contributed by atoms with Gasteiger partial charge < -0.3 is 5.32 Å². The molecular weight excluding hydrogens is 267 g/mol. The molecule has 2 rings (SSSR count). The van der Waals surface area contributed by atoms with Gasteiger partial charge in [-0.25, -0.2) is 0 Å². The van der Waals surface area contributed by atoms with Crippen LogP contribution < -0.4 is 5.32 Å². The summed E-state index contributed by atoms with van der Waals surface area (Å²) >= 11 is 12.0. The number of nitrogens with one attached hydrogen (secondary N) is 1. The Hall–Kier alpha value is -0.750.